The first-order chi connectivity index (χ1) is 5.72. The molecule has 0 atom stereocenters. The molecule has 0 saturated carbocycles. The van der Waals surface area contributed by atoms with Gasteiger partial charge in [0.05, 0.1) is 0 Å². The SMILES string of the molecule is O=C(CO)Nc1ccc(Br)cc1. The van der Waals surface area contributed by atoms with Gasteiger partial charge in [0.2, 0.25) is 5.91 Å². The van der Waals surface area contributed by atoms with Crippen molar-refractivity contribution in [3.63, 3.8) is 0 Å². The third-order valence-corrected chi connectivity index (χ3v) is 1.80. The van der Waals surface area contributed by atoms with Crippen molar-refractivity contribution in [1.82, 2.24) is 0 Å². The van der Waals surface area contributed by atoms with Gasteiger partial charge in [-0.2, -0.15) is 0 Å². The second-order valence-corrected chi connectivity index (χ2v) is 3.13. The van der Waals surface area contributed by atoms with Gasteiger partial charge in [-0.15, -0.1) is 0 Å². The molecule has 0 aliphatic rings. The molecular weight excluding hydrogens is 222 g/mol. The highest BCUT2D eigenvalue weighted by molar-refractivity contribution is 9.10. The van der Waals surface area contributed by atoms with E-state index in [-0.39, 0.29) is 0 Å². The largest absolute Gasteiger partial charge is 0.387 e. The van der Waals surface area contributed by atoms with Crippen LogP contribution in [-0.4, -0.2) is 17.6 Å². The summed E-state index contributed by atoms with van der Waals surface area (Å²) in [6.45, 7) is -0.490. The minimum Gasteiger partial charge on any atom is -0.387 e. The lowest BCUT2D eigenvalue weighted by molar-refractivity contribution is -0.118. The molecule has 1 amide bonds. The van der Waals surface area contributed by atoms with E-state index in [1.165, 1.54) is 0 Å². The summed E-state index contributed by atoms with van der Waals surface area (Å²) in [5, 5.41) is 10.9. The average molecular weight is 230 g/mol. The normalized spacial score (nSPS) is 9.50. The maximum Gasteiger partial charge on any atom is 0.250 e. The van der Waals surface area contributed by atoms with Crippen molar-refractivity contribution in [2.45, 2.75) is 0 Å². The lowest BCUT2D eigenvalue weighted by Crippen LogP contribution is -2.15. The third-order valence-electron chi connectivity index (χ3n) is 1.27. The van der Waals surface area contributed by atoms with Crippen molar-refractivity contribution in [2.24, 2.45) is 0 Å². The molecule has 2 N–H and O–H groups in total. The number of anilines is 1. The zero-order chi connectivity index (χ0) is 8.97. The average Bonchev–Trinajstić information content (AvgIpc) is 2.09. The fourth-order valence-electron chi connectivity index (χ4n) is 0.734. The van der Waals surface area contributed by atoms with Crippen molar-refractivity contribution in [1.29, 1.82) is 0 Å². The lowest BCUT2D eigenvalue weighted by atomic mass is 10.3. The van der Waals surface area contributed by atoms with Crippen LogP contribution in [0.3, 0.4) is 0 Å². The Morgan fingerprint density at radius 2 is 2.00 bits per heavy atom. The van der Waals surface area contributed by atoms with Crippen LogP contribution in [0.15, 0.2) is 28.7 Å². The van der Waals surface area contributed by atoms with E-state index in [9.17, 15) is 4.79 Å². The van der Waals surface area contributed by atoms with E-state index in [0.29, 0.717) is 5.69 Å². The summed E-state index contributed by atoms with van der Waals surface area (Å²) in [7, 11) is 0. The number of hydrogen-bond donors (Lipinski definition) is 2. The van der Waals surface area contributed by atoms with Gasteiger partial charge >= 0.3 is 0 Å². The van der Waals surface area contributed by atoms with Gasteiger partial charge in [-0.25, -0.2) is 0 Å². The Labute approximate surface area is 78.5 Å². The van der Waals surface area contributed by atoms with Crippen molar-refractivity contribution in [3.05, 3.63) is 28.7 Å². The molecule has 0 unspecified atom stereocenters. The summed E-state index contributed by atoms with van der Waals surface area (Å²) in [5.74, 6) is -0.405. The van der Waals surface area contributed by atoms with Crippen molar-refractivity contribution >= 4 is 27.5 Å². The Kier molecular flexibility index (Phi) is 3.25. The zero-order valence-electron chi connectivity index (χ0n) is 6.25. The van der Waals surface area contributed by atoms with Crippen LogP contribution < -0.4 is 5.32 Å². The van der Waals surface area contributed by atoms with E-state index >= 15 is 0 Å². The molecule has 1 aromatic carbocycles. The molecule has 0 heterocycles. The number of rotatable bonds is 2. The number of benzene rings is 1. The van der Waals surface area contributed by atoms with Gasteiger partial charge in [-0.3, -0.25) is 4.79 Å². The first-order valence-corrected chi connectivity index (χ1v) is 4.18. The van der Waals surface area contributed by atoms with E-state index in [1.807, 2.05) is 12.1 Å². The number of aliphatic hydroxyl groups excluding tert-OH is 1. The lowest BCUT2D eigenvalue weighted by Gasteiger charge is -2.01. The molecule has 4 heteroatoms. The number of aliphatic hydroxyl groups is 1. The maximum atomic E-state index is 10.7. The Morgan fingerprint density at radius 1 is 1.42 bits per heavy atom. The number of carbonyl (C=O) groups excluding carboxylic acids is 1. The standard InChI is InChI=1S/C8H8BrNO2/c9-6-1-3-7(4-2-6)10-8(12)5-11/h1-4,11H,5H2,(H,10,12). The van der Waals surface area contributed by atoms with Crippen LogP contribution in [0.5, 0.6) is 0 Å². The van der Waals surface area contributed by atoms with Gasteiger partial charge in [0.25, 0.3) is 0 Å². The first kappa shape index (κ1) is 9.22. The van der Waals surface area contributed by atoms with Crippen LogP contribution in [0.2, 0.25) is 0 Å². The fourth-order valence-corrected chi connectivity index (χ4v) is 0.998. The summed E-state index contributed by atoms with van der Waals surface area (Å²) in [5.41, 5.74) is 0.678. The summed E-state index contributed by atoms with van der Waals surface area (Å²) in [6, 6.07) is 7.12. The molecule has 12 heavy (non-hydrogen) atoms. The maximum absolute atomic E-state index is 10.7. The van der Waals surface area contributed by atoms with Crippen molar-refractivity contribution in [3.8, 4) is 0 Å². The van der Waals surface area contributed by atoms with Gasteiger partial charge in [0.15, 0.2) is 0 Å². The smallest absolute Gasteiger partial charge is 0.250 e. The van der Waals surface area contributed by atoms with Crippen LogP contribution in [0, 0.1) is 0 Å². The molecule has 1 rings (SSSR count). The number of halogens is 1. The Morgan fingerprint density at radius 3 is 2.50 bits per heavy atom. The second-order valence-electron chi connectivity index (χ2n) is 2.21. The van der Waals surface area contributed by atoms with Crippen LogP contribution in [0.4, 0.5) is 5.69 Å². The highest BCUT2D eigenvalue weighted by Crippen LogP contribution is 2.13. The Balaban J connectivity index is 2.64. The predicted octanol–water partition coefficient (Wildman–Crippen LogP) is 1.38. The topological polar surface area (TPSA) is 49.3 Å². The van der Waals surface area contributed by atoms with E-state index in [0.717, 1.165) is 4.47 Å². The molecule has 0 fully saturated rings. The molecular formula is C8H8BrNO2. The molecule has 64 valence electrons. The molecule has 0 aliphatic heterocycles. The highest BCUT2D eigenvalue weighted by Gasteiger charge is 1.97. The van der Waals surface area contributed by atoms with Gasteiger partial charge in [0, 0.05) is 10.2 Å². The van der Waals surface area contributed by atoms with Crippen molar-refractivity contribution in [2.75, 3.05) is 11.9 Å². The van der Waals surface area contributed by atoms with Gasteiger partial charge in [-0.05, 0) is 24.3 Å². The van der Waals surface area contributed by atoms with Crippen molar-refractivity contribution < 1.29 is 9.90 Å². The predicted molar refractivity (Wildman–Crippen MR) is 49.9 cm³/mol. The minimum atomic E-state index is -0.490. The summed E-state index contributed by atoms with van der Waals surface area (Å²) in [4.78, 5) is 10.7. The van der Waals surface area contributed by atoms with Crippen LogP contribution in [0.25, 0.3) is 0 Å². The van der Waals surface area contributed by atoms with Crippen LogP contribution >= 0.6 is 15.9 Å². The zero-order valence-corrected chi connectivity index (χ0v) is 7.84. The van der Waals surface area contributed by atoms with Crippen LogP contribution in [-0.2, 0) is 4.79 Å². The van der Waals surface area contributed by atoms with Gasteiger partial charge in [-0.1, -0.05) is 15.9 Å². The Bertz CT molecular complexity index is 271. The molecule has 0 bridgehead atoms. The number of nitrogens with one attached hydrogen (secondary N) is 1. The molecule has 0 radical (unpaired) electrons. The van der Waals surface area contributed by atoms with E-state index < -0.39 is 12.5 Å². The summed E-state index contributed by atoms with van der Waals surface area (Å²) in [6.07, 6.45) is 0. The molecule has 0 aromatic heterocycles. The molecule has 0 saturated heterocycles. The van der Waals surface area contributed by atoms with E-state index in [4.69, 9.17) is 5.11 Å². The summed E-state index contributed by atoms with van der Waals surface area (Å²) < 4.78 is 0.949. The van der Waals surface area contributed by atoms with Gasteiger partial charge < -0.3 is 10.4 Å². The minimum absolute atomic E-state index is 0.405. The molecule has 1 aromatic rings. The number of amides is 1. The van der Waals surface area contributed by atoms with E-state index in [2.05, 4.69) is 21.2 Å². The summed E-state index contributed by atoms with van der Waals surface area (Å²) >= 11 is 3.27. The van der Waals surface area contributed by atoms with E-state index in [1.54, 1.807) is 12.1 Å². The molecule has 3 nitrogen and oxygen atoms in total. The highest BCUT2D eigenvalue weighted by atomic mass is 79.9. The van der Waals surface area contributed by atoms with Gasteiger partial charge in [0.1, 0.15) is 6.61 Å². The Hall–Kier alpha value is -0.870. The molecule has 0 spiro atoms. The number of carbonyl (C=O) groups is 1. The second kappa shape index (κ2) is 4.23. The fraction of sp³-hybridized carbons (Fsp3) is 0.125. The number of hydrogen-bond acceptors (Lipinski definition) is 2. The third kappa shape index (κ3) is 2.64. The monoisotopic (exact) mass is 229 g/mol. The molecule has 0 aliphatic carbocycles. The quantitative estimate of drug-likeness (QED) is 0.806. The van der Waals surface area contributed by atoms with Crippen LogP contribution in [0.1, 0.15) is 0 Å². The first-order valence-electron chi connectivity index (χ1n) is 3.38.